The summed E-state index contributed by atoms with van der Waals surface area (Å²) in [6.07, 6.45) is 0. The van der Waals surface area contributed by atoms with Gasteiger partial charge in [-0.2, -0.15) is 0 Å². The van der Waals surface area contributed by atoms with Crippen molar-refractivity contribution in [2.45, 2.75) is 17.8 Å². The van der Waals surface area contributed by atoms with Crippen molar-refractivity contribution in [3.8, 4) is 0 Å². The van der Waals surface area contributed by atoms with Crippen molar-refractivity contribution < 1.29 is 0 Å². The van der Waals surface area contributed by atoms with Crippen molar-refractivity contribution in [3.05, 3.63) is 144 Å². The van der Waals surface area contributed by atoms with Crippen LogP contribution < -0.4 is 0 Å². The quantitative estimate of drug-likeness (QED) is 0.359. The fraction of sp³-hybridized carbons (Fsp3) is 0.143. The first-order chi connectivity index (χ1) is 13.9. The Morgan fingerprint density at radius 2 is 0.714 bits per heavy atom. The number of rotatable bonds is 5. The molecule has 136 valence electrons. The summed E-state index contributed by atoms with van der Waals surface area (Å²) in [6, 6.07) is 44.2. The average Bonchev–Trinajstić information content (AvgIpc) is 3.52. The van der Waals surface area contributed by atoms with Crippen LogP contribution >= 0.6 is 0 Å². The predicted octanol–water partition coefficient (Wildman–Crippen LogP) is 7.02. The summed E-state index contributed by atoms with van der Waals surface area (Å²) >= 11 is 0. The predicted molar refractivity (Wildman–Crippen MR) is 117 cm³/mol. The largest absolute Gasteiger partial charge is 0.0622 e. The molecule has 0 bridgehead atoms. The average molecular weight is 361 g/mol. The van der Waals surface area contributed by atoms with Crippen LogP contribution in [0.1, 0.15) is 40.0 Å². The molecule has 0 aromatic heterocycles. The zero-order valence-electron chi connectivity index (χ0n) is 15.9. The first-order valence-electron chi connectivity index (χ1n) is 10.1. The molecule has 0 nitrogen and oxygen atoms in total. The first kappa shape index (κ1) is 17.0. The van der Waals surface area contributed by atoms with Crippen molar-refractivity contribution >= 4 is 0 Å². The molecule has 0 saturated heterocycles. The second kappa shape index (κ2) is 7.48. The van der Waals surface area contributed by atoms with Gasteiger partial charge in [-0.15, -0.1) is 0 Å². The van der Waals surface area contributed by atoms with Gasteiger partial charge in [0.2, 0.25) is 0 Å². The van der Waals surface area contributed by atoms with E-state index in [4.69, 9.17) is 0 Å². The lowest BCUT2D eigenvalue weighted by atomic mass is 9.84. The fourth-order valence-corrected chi connectivity index (χ4v) is 4.92. The van der Waals surface area contributed by atoms with E-state index in [1.165, 1.54) is 22.3 Å². The fourth-order valence-electron chi connectivity index (χ4n) is 4.92. The van der Waals surface area contributed by atoms with Gasteiger partial charge < -0.3 is 0 Å². The molecule has 0 aliphatic heterocycles. The number of hydrogen-bond donors (Lipinski definition) is 0. The van der Waals surface area contributed by atoms with E-state index in [1.54, 1.807) is 0 Å². The molecule has 0 spiro atoms. The summed E-state index contributed by atoms with van der Waals surface area (Å²) in [5.74, 6) is 2.07. The van der Waals surface area contributed by atoms with E-state index in [9.17, 15) is 0 Å². The molecule has 0 radical (unpaired) electrons. The molecular formula is C28H24. The summed E-state index contributed by atoms with van der Waals surface area (Å²) in [5.41, 5.74) is 5.74. The number of hydrogen-bond acceptors (Lipinski definition) is 0. The van der Waals surface area contributed by atoms with Crippen molar-refractivity contribution in [3.63, 3.8) is 0 Å². The minimum Gasteiger partial charge on any atom is -0.0622 e. The third kappa shape index (κ3) is 3.16. The van der Waals surface area contributed by atoms with Crippen LogP contribution in [0.2, 0.25) is 0 Å². The molecule has 0 amide bonds. The highest BCUT2D eigenvalue weighted by Crippen LogP contribution is 2.66. The van der Waals surface area contributed by atoms with Crippen LogP contribution in [0.15, 0.2) is 121 Å². The Morgan fingerprint density at radius 3 is 1.07 bits per heavy atom. The molecule has 2 atom stereocenters. The summed E-state index contributed by atoms with van der Waals surface area (Å²) in [7, 11) is 0. The Balaban J connectivity index is 1.62. The first-order valence-corrected chi connectivity index (χ1v) is 10.1. The molecule has 1 aliphatic carbocycles. The van der Waals surface area contributed by atoms with Gasteiger partial charge in [-0.3, -0.25) is 0 Å². The molecule has 28 heavy (non-hydrogen) atoms. The highest BCUT2D eigenvalue weighted by Gasteiger charge is 2.55. The van der Waals surface area contributed by atoms with E-state index < -0.39 is 0 Å². The third-order valence-electron chi connectivity index (χ3n) is 6.15. The van der Waals surface area contributed by atoms with E-state index in [0.29, 0.717) is 23.7 Å². The minimum atomic E-state index is 0.401. The summed E-state index contributed by atoms with van der Waals surface area (Å²) < 4.78 is 0. The molecule has 0 heteroatoms. The molecule has 4 aromatic carbocycles. The van der Waals surface area contributed by atoms with E-state index >= 15 is 0 Å². The monoisotopic (exact) mass is 360 g/mol. The van der Waals surface area contributed by atoms with Crippen LogP contribution in [0.4, 0.5) is 0 Å². The normalized spacial score (nSPS) is 20.8. The molecule has 1 fully saturated rings. The third-order valence-corrected chi connectivity index (χ3v) is 6.15. The van der Waals surface area contributed by atoms with Gasteiger partial charge >= 0.3 is 0 Å². The van der Waals surface area contributed by atoms with Gasteiger partial charge in [0.25, 0.3) is 0 Å². The Labute approximate surface area is 167 Å². The second-order valence-electron chi connectivity index (χ2n) is 7.75. The standard InChI is InChI=1S/C28H24/c1-5-13-21(14-6-1)25(22-15-7-2-8-16-22)28-26(23-17-9-3-10-18-23)27(28)24-19-11-4-12-20-24/h1-20,25-28H. The van der Waals surface area contributed by atoms with Gasteiger partial charge in [0.15, 0.2) is 0 Å². The smallest absolute Gasteiger partial charge is 0.0130 e. The Morgan fingerprint density at radius 1 is 0.393 bits per heavy atom. The summed E-state index contributed by atoms with van der Waals surface area (Å²) in [4.78, 5) is 0. The molecule has 0 N–H and O–H groups in total. The molecule has 1 aliphatic rings. The molecule has 0 heterocycles. The molecule has 1 saturated carbocycles. The number of benzene rings is 4. The Hall–Kier alpha value is -3.12. The van der Waals surface area contributed by atoms with Crippen molar-refractivity contribution in [2.24, 2.45) is 5.92 Å². The van der Waals surface area contributed by atoms with Gasteiger partial charge in [0.05, 0.1) is 0 Å². The lowest BCUT2D eigenvalue weighted by Crippen LogP contribution is -2.06. The van der Waals surface area contributed by atoms with E-state index in [1.807, 2.05) is 0 Å². The minimum absolute atomic E-state index is 0.401. The van der Waals surface area contributed by atoms with Crippen molar-refractivity contribution in [1.29, 1.82) is 0 Å². The van der Waals surface area contributed by atoms with Crippen LogP contribution in [-0.2, 0) is 0 Å². The maximum absolute atomic E-state index is 2.30. The zero-order valence-corrected chi connectivity index (χ0v) is 15.9. The molecule has 5 rings (SSSR count). The van der Waals surface area contributed by atoms with Crippen molar-refractivity contribution in [2.75, 3.05) is 0 Å². The van der Waals surface area contributed by atoms with E-state index in [0.717, 1.165) is 0 Å². The van der Waals surface area contributed by atoms with Gasteiger partial charge in [0, 0.05) is 5.92 Å². The van der Waals surface area contributed by atoms with Crippen LogP contribution in [0.3, 0.4) is 0 Å². The van der Waals surface area contributed by atoms with Crippen LogP contribution in [0.5, 0.6) is 0 Å². The molecule has 2 unspecified atom stereocenters. The zero-order chi connectivity index (χ0) is 18.8. The molecular weight excluding hydrogens is 336 g/mol. The highest BCUT2D eigenvalue weighted by molar-refractivity contribution is 5.46. The van der Waals surface area contributed by atoms with Crippen LogP contribution in [-0.4, -0.2) is 0 Å². The van der Waals surface area contributed by atoms with Crippen LogP contribution in [0, 0.1) is 5.92 Å². The lowest BCUT2D eigenvalue weighted by molar-refractivity contribution is 0.666. The van der Waals surface area contributed by atoms with E-state index in [-0.39, 0.29) is 0 Å². The van der Waals surface area contributed by atoms with Crippen molar-refractivity contribution in [1.82, 2.24) is 0 Å². The van der Waals surface area contributed by atoms with Gasteiger partial charge in [-0.25, -0.2) is 0 Å². The van der Waals surface area contributed by atoms with Gasteiger partial charge in [-0.1, -0.05) is 121 Å². The van der Waals surface area contributed by atoms with Gasteiger partial charge in [0.1, 0.15) is 0 Å². The van der Waals surface area contributed by atoms with E-state index in [2.05, 4.69) is 121 Å². The highest BCUT2D eigenvalue weighted by atomic mass is 14.6. The van der Waals surface area contributed by atoms with Crippen LogP contribution in [0.25, 0.3) is 0 Å². The lowest BCUT2D eigenvalue weighted by Gasteiger charge is -2.19. The maximum atomic E-state index is 2.30. The SMILES string of the molecule is c1ccc(C(c2ccccc2)C2C(c3ccccc3)C2c2ccccc2)cc1. The maximum Gasteiger partial charge on any atom is 0.0130 e. The summed E-state index contributed by atoms with van der Waals surface area (Å²) in [5, 5.41) is 0. The second-order valence-corrected chi connectivity index (χ2v) is 7.75. The van der Waals surface area contributed by atoms with Gasteiger partial charge in [-0.05, 0) is 40.0 Å². The topological polar surface area (TPSA) is 0 Å². The molecule has 4 aromatic rings. The Kier molecular flexibility index (Phi) is 4.54. The Bertz CT molecular complexity index is 922. The summed E-state index contributed by atoms with van der Waals surface area (Å²) in [6.45, 7) is 0.